The summed E-state index contributed by atoms with van der Waals surface area (Å²) in [7, 11) is 0. The minimum Gasteiger partial charge on any atom is -0.376 e. The van der Waals surface area contributed by atoms with E-state index >= 15 is 0 Å². The van der Waals surface area contributed by atoms with Crippen molar-refractivity contribution in [3.63, 3.8) is 0 Å². The van der Waals surface area contributed by atoms with Crippen molar-refractivity contribution in [2.45, 2.75) is 51.1 Å². The second kappa shape index (κ2) is 10.1. The maximum Gasteiger partial charge on any atom is 0.416 e. The molecule has 0 radical (unpaired) electrons. The van der Waals surface area contributed by atoms with Crippen molar-refractivity contribution in [3.05, 3.63) is 35.7 Å². The normalized spacial score (nSPS) is 21.2. The number of hydrogen-bond acceptors (Lipinski definition) is 6. The summed E-state index contributed by atoms with van der Waals surface area (Å²) >= 11 is 0. The highest BCUT2D eigenvalue weighted by Gasteiger charge is 2.32. The molecule has 0 saturated carbocycles. The van der Waals surface area contributed by atoms with Crippen LogP contribution in [-0.2, 0) is 17.5 Å². The SMILES string of the molecule is CCC(c1nnnn1CC1CCCO1)N1CCN(c2cccc(C(F)(F)F)c2)CC1.Cl. The van der Waals surface area contributed by atoms with E-state index in [1.807, 2.05) is 9.58 Å². The first-order chi connectivity index (χ1) is 14.5. The molecule has 2 aliphatic rings. The molecule has 4 rings (SSSR count). The van der Waals surface area contributed by atoms with E-state index in [0.29, 0.717) is 25.3 Å². The number of piperazine rings is 1. The smallest absolute Gasteiger partial charge is 0.376 e. The fourth-order valence-electron chi connectivity index (χ4n) is 4.34. The lowest BCUT2D eigenvalue weighted by Crippen LogP contribution is -2.48. The molecule has 2 saturated heterocycles. The van der Waals surface area contributed by atoms with Crippen LogP contribution in [0.15, 0.2) is 24.3 Å². The van der Waals surface area contributed by atoms with Crippen molar-refractivity contribution in [1.82, 2.24) is 25.1 Å². The Morgan fingerprint density at radius 2 is 1.97 bits per heavy atom. The zero-order chi connectivity index (χ0) is 21.1. The highest BCUT2D eigenvalue weighted by molar-refractivity contribution is 5.85. The highest BCUT2D eigenvalue weighted by Crippen LogP contribution is 2.32. The van der Waals surface area contributed by atoms with Crippen LogP contribution >= 0.6 is 12.4 Å². The number of alkyl halides is 3. The zero-order valence-corrected chi connectivity index (χ0v) is 18.3. The molecule has 0 aliphatic carbocycles. The van der Waals surface area contributed by atoms with Gasteiger partial charge in [-0.2, -0.15) is 13.2 Å². The molecule has 7 nitrogen and oxygen atoms in total. The minimum absolute atomic E-state index is 0. The second-order valence-corrected chi connectivity index (χ2v) is 7.85. The highest BCUT2D eigenvalue weighted by atomic mass is 35.5. The molecule has 0 spiro atoms. The second-order valence-electron chi connectivity index (χ2n) is 7.85. The minimum atomic E-state index is -4.33. The van der Waals surface area contributed by atoms with Crippen LogP contribution in [0, 0.1) is 0 Å². The lowest BCUT2D eigenvalue weighted by atomic mass is 10.1. The Morgan fingerprint density at radius 3 is 2.61 bits per heavy atom. The van der Waals surface area contributed by atoms with E-state index in [4.69, 9.17) is 4.74 Å². The van der Waals surface area contributed by atoms with Gasteiger partial charge in [-0.05, 0) is 47.9 Å². The van der Waals surface area contributed by atoms with Crippen LogP contribution in [-0.4, -0.2) is 64.0 Å². The Kier molecular flexibility index (Phi) is 7.77. The zero-order valence-electron chi connectivity index (χ0n) is 17.5. The summed E-state index contributed by atoms with van der Waals surface area (Å²) < 4.78 is 46.7. The molecule has 2 aromatic rings. The molecule has 0 amide bonds. The van der Waals surface area contributed by atoms with Crippen LogP contribution in [0.25, 0.3) is 0 Å². The Morgan fingerprint density at radius 1 is 1.19 bits per heavy atom. The average Bonchev–Trinajstić information content (AvgIpc) is 3.42. The van der Waals surface area contributed by atoms with Gasteiger partial charge in [0.2, 0.25) is 0 Å². The molecule has 31 heavy (non-hydrogen) atoms. The van der Waals surface area contributed by atoms with Gasteiger partial charge in [-0.25, -0.2) is 4.68 Å². The number of halogens is 4. The van der Waals surface area contributed by atoms with Crippen LogP contribution in [0.2, 0.25) is 0 Å². The lowest BCUT2D eigenvalue weighted by molar-refractivity contribution is -0.137. The van der Waals surface area contributed by atoms with Gasteiger partial charge in [-0.3, -0.25) is 4.90 Å². The Labute approximate surface area is 185 Å². The van der Waals surface area contributed by atoms with Gasteiger partial charge in [0.15, 0.2) is 5.82 Å². The van der Waals surface area contributed by atoms with Crippen LogP contribution in [0.5, 0.6) is 0 Å². The van der Waals surface area contributed by atoms with Crippen molar-refractivity contribution in [2.24, 2.45) is 0 Å². The van der Waals surface area contributed by atoms with Crippen molar-refractivity contribution < 1.29 is 17.9 Å². The number of nitrogens with zero attached hydrogens (tertiary/aromatic N) is 6. The van der Waals surface area contributed by atoms with Gasteiger partial charge < -0.3 is 9.64 Å². The molecule has 2 fully saturated rings. The molecule has 1 aromatic carbocycles. The number of hydrogen-bond donors (Lipinski definition) is 0. The van der Waals surface area contributed by atoms with Gasteiger partial charge >= 0.3 is 6.18 Å². The first kappa shape index (κ1) is 23.7. The third kappa shape index (κ3) is 5.48. The van der Waals surface area contributed by atoms with E-state index in [0.717, 1.165) is 50.8 Å². The number of aromatic nitrogens is 4. The van der Waals surface area contributed by atoms with Crippen molar-refractivity contribution >= 4 is 18.1 Å². The first-order valence-corrected chi connectivity index (χ1v) is 10.5. The van der Waals surface area contributed by atoms with E-state index in [-0.39, 0.29) is 24.6 Å². The van der Waals surface area contributed by atoms with Crippen molar-refractivity contribution in [3.8, 4) is 0 Å². The van der Waals surface area contributed by atoms with Gasteiger partial charge in [-0.15, -0.1) is 17.5 Å². The predicted octanol–water partition coefficient (Wildman–Crippen LogP) is 3.57. The molecule has 2 atom stereocenters. The summed E-state index contributed by atoms with van der Waals surface area (Å²) in [5, 5.41) is 12.3. The molecule has 0 bridgehead atoms. The van der Waals surface area contributed by atoms with Gasteiger partial charge in [0.1, 0.15) is 0 Å². The Bertz CT molecular complexity index is 834. The third-order valence-corrected chi connectivity index (χ3v) is 5.94. The van der Waals surface area contributed by atoms with Gasteiger partial charge in [0.25, 0.3) is 0 Å². The summed E-state index contributed by atoms with van der Waals surface area (Å²) in [6.45, 7) is 6.34. The van der Waals surface area contributed by atoms with E-state index in [2.05, 4.69) is 27.3 Å². The number of rotatable bonds is 6. The largest absolute Gasteiger partial charge is 0.416 e. The van der Waals surface area contributed by atoms with Gasteiger partial charge in [0, 0.05) is 38.5 Å². The first-order valence-electron chi connectivity index (χ1n) is 10.5. The fraction of sp³-hybridized carbons (Fsp3) is 0.650. The molecule has 1 aromatic heterocycles. The van der Waals surface area contributed by atoms with E-state index in [1.54, 1.807) is 6.07 Å². The third-order valence-electron chi connectivity index (χ3n) is 5.94. The standard InChI is InChI=1S/C20H27F3N6O.ClH/c1-2-18(19-24-25-26-29(19)14-17-7-4-12-30-17)28-10-8-27(9-11-28)16-6-3-5-15(13-16)20(21,22)23;/h3,5-6,13,17-18H,2,4,7-12,14H2,1H3;1H. The Hall–Kier alpha value is -1.91. The molecule has 2 aliphatic heterocycles. The van der Waals surface area contributed by atoms with Gasteiger partial charge in [-0.1, -0.05) is 13.0 Å². The van der Waals surface area contributed by atoms with Crippen LogP contribution in [0.3, 0.4) is 0 Å². The maximum atomic E-state index is 13.0. The summed E-state index contributed by atoms with van der Waals surface area (Å²) in [5.74, 6) is 0.834. The summed E-state index contributed by atoms with van der Waals surface area (Å²) in [5.41, 5.74) is 0.00270. The number of benzene rings is 1. The summed E-state index contributed by atoms with van der Waals surface area (Å²) in [4.78, 5) is 4.33. The topological polar surface area (TPSA) is 59.3 Å². The van der Waals surface area contributed by atoms with E-state index < -0.39 is 11.7 Å². The monoisotopic (exact) mass is 460 g/mol. The molecular formula is C20H28ClF3N6O. The fourth-order valence-corrected chi connectivity index (χ4v) is 4.34. The molecule has 2 unspecified atom stereocenters. The molecule has 0 N–H and O–H groups in total. The Balaban J connectivity index is 0.00000272. The average molecular weight is 461 g/mol. The van der Waals surface area contributed by atoms with E-state index in [9.17, 15) is 13.2 Å². The molecule has 11 heteroatoms. The van der Waals surface area contributed by atoms with Crippen LogP contribution in [0.4, 0.5) is 18.9 Å². The van der Waals surface area contributed by atoms with Crippen molar-refractivity contribution in [1.29, 1.82) is 0 Å². The summed E-state index contributed by atoms with van der Waals surface area (Å²) in [6.07, 6.45) is -1.23. The number of ether oxygens (including phenoxy) is 1. The maximum absolute atomic E-state index is 13.0. The predicted molar refractivity (Wildman–Crippen MR) is 112 cm³/mol. The number of tetrazole rings is 1. The van der Waals surface area contributed by atoms with Gasteiger partial charge in [0.05, 0.1) is 24.3 Å². The molecule has 172 valence electrons. The van der Waals surface area contributed by atoms with Crippen LogP contribution < -0.4 is 4.90 Å². The van der Waals surface area contributed by atoms with Crippen LogP contribution in [0.1, 0.15) is 43.6 Å². The number of anilines is 1. The lowest BCUT2D eigenvalue weighted by Gasteiger charge is -2.39. The van der Waals surface area contributed by atoms with Crippen molar-refractivity contribution in [2.75, 3.05) is 37.7 Å². The molecular weight excluding hydrogens is 433 g/mol. The van der Waals surface area contributed by atoms with E-state index in [1.165, 1.54) is 12.1 Å². The summed E-state index contributed by atoms with van der Waals surface area (Å²) in [6, 6.07) is 5.63. The molecule has 3 heterocycles. The quantitative estimate of drug-likeness (QED) is 0.657.